The Morgan fingerprint density at radius 3 is 2.81 bits per heavy atom. The fourth-order valence-electron chi connectivity index (χ4n) is 3.31. The van der Waals surface area contributed by atoms with Crippen molar-refractivity contribution in [2.75, 3.05) is 13.2 Å². The molecular weight excluding hydrogens is 264 g/mol. The van der Waals surface area contributed by atoms with Crippen LogP contribution in [0.15, 0.2) is 30.3 Å². The number of fused-ring (bicyclic) bond motifs is 2. The van der Waals surface area contributed by atoms with Gasteiger partial charge in [0.1, 0.15) is 0 Å². The highest BCUT2D eigenvalue weighted by Gasteiger charge is 2.43. The van der Waals surface area contributed by atoms with Gasteiger partial charge in [0.25, 0.3) is 0 Å². The van der Waals surface area contributed by atoms with E-state index in [1.165, 1.54) is 5.56 Å². The molecule has 0 aliphatic carbocycles. The molecule has 2 saturated heterocycles. The molecule has 0 amide bonds. The summed E-state index contributed by atoms with van der Waals surface area (Å²) in [6.07, 6.45) is 3.95. The normalized spacial score (nSPS) is 26.7. The van der Waals surface area contributed by atoms with E-state index in [1.807, 2.05) is 18.2 Å². The molecule has 0 spiro atoms. The van der Waals surface area contributed by atoms with Gasteiger partial charge >= 0.3 is 0 Å². The van der Waals surface area contributed by atoms with Crippen LogP contribution in [0, 0.1) is 18.9 Å². The Kier molecular flexibility index (Phi) is 4.71. The van der Waals surface area contributed by atoms with Crippen LogP contribution in [0.3, 0.4) is 0 Å². The molecule has 3 nitrogen and oxygen atoms in total. The number of benzene rings is 1. The standard InChI is InChI=1S/C18H22O3/c1-2-6-14(13-7-4-3-5-8-13)10-17(19)18-15-9-16(21-18)12-20-11-15/h3-5,7-8,14-16H,1-2,6,9-12H2. The molecule has 112 valence electrons. The zero-order valence-electron chi connectivity index (χ0n) is 12.3. The van der Waals surface area contributed by atoms with Crippen molar-refractivity contribution in [2.45, 2.75) is 37.7 Å². The van der Waals surface area contributed by atoms with Gasteiger partial charge in [-0.2, -0.15) is 0 Å². The minimum atomic E-state index is 0.0886. The number of ketones is 1. The topological polar surface area (TPSA) is 35.5 Å². The summed E-state index contributed by atoms with van der Waals surface area (Å²) >= 11 is 0. The third-order valence-corrected chi connectivity index (χ3v) is 4.36. The summed E-state index contributed by atoms with van der Waals surface area (Å²) in [7, 11) is 0. The van der Waals surface area contributed by atoms with Gasteiger partial charge in [0.2, 0.25) is 0 Å². The molecule has 2 bridgehead atoms. The number of hydrogen-bond donors (Lipinski definition) is 0. The smallest absolute Gasteiger partial charge is 0.169 e. The van der Waals surface area contributed by atoms with E-state index < -0.39 is 0 Å². The van der Waals surface area contributed by atoms with Crippen LogP contribution < -0.4 is 0 Å². The summed E-state index contributed by atoms with van der Waals surface area (Å²) in [5.74, 6) is 0.552. The lowest BCUT2D eigenvalue weighted by Gasteiger charge is -2.20. The Labute approximate surface area is 126 Å². The van der Waals surface area contributed by atoms with Crippen molar-refractivity contribution in [1.82, 2.24) is 0 Å². The van der Waals surface area contributed by atoms with E-state index in [-0.39, 0.29) is 23.7 Å². The monoisotopic (exact) mass is 286 g/mol. The largest absolute Gasteiger partial charge is 0.378 e. The molecule has 2 heterocycles. The molecule has 0 saturated carbocycles. The summed E-state index contributed by atoms with van der Waals surface area (Å²) in [5.41, 5.74) is 1.22. The molecule has 2 radical (unpaired) electrons. The van der Waals surface area contributed by atoms with Crippen LogP contribution in [-0.4, -0.2) is 25.1 Å². The average molecular weight is 286 g/mol. The third kappa shape index (κ3) is 3.35. The summed E-state index contributed by atoms with van der Waals surface area (Å²) in [4.78, 5) is 12.6. The van der Waals surface area contributed by atoms with Crippen molar-refractivity contribution >= 4 is 5.78 Å². The SMILES string of the molecule is [CH2]CCC(CC(=O)[C]1OC2COCC1C2)c1ccccc1. The van der Waals surface area contributed by atoms with E-state index in [0.717, 1.165) is 19.3 Å². The minimum absolute atomic E-state index is 0.0886. The predicted molar refractivity (Wildman–Crippen MR) is 80.4 cm³/mol. The molecule has 2 aliphatic heterocycles. The Balaban J connectivity index is 1.67. The highest BCUT2D eigenvalue weighted by atomic mass is 16.6. The Morgan fingerprint density at radius 2 is 2.10 bits per heavy atom. The molecule has 3 unspecified atom stereocenters. The Hall–Kier alpha value is -1.19. The van der Waals surface area contributed by atoms with Gasteiger partial charge in [0.15, 0.2) is 11.9 Å². The number of rotatable bonds is 6. The molecule has 2 aliphatic rings. The van der Waals surface area contributed by atoms with Gasteiger partial charge in [-0.25, -0.2) is 0 Å². The second-order valence-corrected chi connectivity index (χ2v) is 5.95. The molecule has 3 heteroatoms. The van der Waals surface area contributed by atoms with Gasteiger partial charge in [0.05, 0.1) is 19.3 Å². The van der Waals surface area contributed by atoms with Gasteiger partial charge in [-0.05, 0) is 24.3 Å². The van der Waals surface area contributed by atoms with Gasteiger partial charge in [0, 0.05) is 12.3 Å². The number of Topliss-reactive ketones (excluding diaryl/α,β-unsaturated/α-hetero) is 1. The first-order valence-corrected chi connectivity index (χ1v) is 7.76. The maximum absolute atomic E-state index is 12.6. The van der Waals surface area contributed by atoms with E-state index in [1.54, 1.807) is 0 Å². The van der Waals surface area contributed by atoms with Crippen LogP contribution >= 0.6 is 0 Å². The first-order chi connectivity index (χ1) is 10.3. The molecule has 2 fully saturated rings. The van der Waals surface area contributed by atoms with Crippen LogP contribution in [-0.2, 0) is 14.3 Å². The van der Waals surface area contributed by atoms with Crippen LogP contribution in [0.4, 0.5) is 0 Å². The van der Waals surface area contributed by atoms with Crippen molar-refractivity contribution in [1.29, 1.82) is 0 Å². The van der Waals surface area contributed by atoms with Crippen molar-refractivity contribution in [3.05, 3.63) is 48.9 Å². The number of ether oxygens (including phenoxy) is 2. The quantitative estimate of drug-likeness (QED) is 0.805. The second kappa shape index (κ2) is 6.71. The van der Waals surface area contributed by atoms with E-state index >= 15 is 0 Å². The van der Waals surface area contributed by atoms with Gasteiger partial charge in [-0.1, -0.05) is 43.7 Å². The number of hydrogen-bond acceptors (Lipinski definition) is 3. The Morgan fingerprint density at radius 1 is 1.29 bits per heavy atom. The minimum Gasteiger partial charge on any atom is -0.378 e. The van der Waals surface area contributed by atoms with Crippen LogP contribution in [0.25, 0.3) is 0 Å². The summed E-state index contributed by atoms with van der Waals surface area (Å²) < 4.78 is 11.3. The maximum Gasteiger partial charge on any atom is 0.169 e. The predicted octanol–water partition coefficient (Wildman–Crippen LogP) is 3.31. The Bertz CT molecular complexity index is 471. The van der Waals surface area contributed by atoms with E-state index in [0.29, 0.717) is 25.7 Å². The molecule has 3 rings (SSSR count). The molecule has 1 aromatic rings. The van der Waals surface area contributed by atoms with Crippen LogP contribution in [0.1, 0.15) is 37.2 Å². The highest BCUT2D eigenvalue weighted by Crippen LogP contribution is 2.39. The fraction of sp³-hybridized carbons (Fsp3) is 0.500. The molecule has 21 heavy (non-hydrogen) atoms. The fourth-order valence-corrected chi connectivity index (χ4v) is 3.31. The van der Waals surface area contributed by atoms with Crippen molar-refractivity contribution in [3.63, 3.8) is 0 Å². The third-order valence-electron chi connectivity index (χ3n) is 4.36. The summed E-state index contributed by atoms with van der Waals surface area (Å²) in [6.45, 7) is 5.19. The van der Waals surface area contributed by atoms with Gasteiger partial charge in [-0.3, -0.25) is 4.79 Å². The van der Waals surface area contributed by atoms with E-state index in [2.05, 4.69) is 19.1 Å². The second-order valence-electron chi connectivity index (χ2n) is 5.95. The zero-order chi connectivity index (χ0) is 14.7. The zero-order valence-corrected chi connectivity index (χ0v) is 12.3. The first kappa shape index (κ1) is 14.7. The van der Waals surface area contributed by atoms with Crippen molar-refractivity contribution < 1.29 is 14.3 Å². The van der Waals surface area contributed by atoms with Crippen molar-refractivity contribution in [3.8, 4) is 0 Å². The van der Waals surface area contributed by atoms with E-state index in [4.69, 9.17) is 9.47 Å². The molecular formula is C18H22O3. The highest BCUT2D eigenvalue weighted by molar-refractivity contribution is 5.91. The molecule has 3 atom stereocenters. The first-order valence-electron chi connectivity index (χ1n) is 7.76. The lowest BCUT2D eigenvalue weighted by atomic mass is 9.86. The lowest BCUT2D eigenvalue weighted by molar-refractivity contribution is -0.123. The van der Waals surface area contributed by atoms with E-state index in [9.17, 15) is 4.79 Å². The lowest BCUT2D eigenvalue weighted by Crippen LogP contribution is -2.24. The molecule has 0 aromatic heterocycles. The summed E-state index contributed by atoms with van der Waals surface area (Å²) in [5, 5.41) is 0. The number of carbonyl (C=O) groups is 1. The average Bonchev–Trinajstić information content (AvgIpc) is 2.82. The number of carbonyl (C=O) groups excluding carboxylic acids is 1. The molecule has 0 N–H and O–H groups in total. The van der Waals surface area contributed by atoms with Gasteiger partial charge in [-0.15, -0.1) is 0 Å². The van der Waals surface area contributed by atoms with Crippen molar-refractivity contribution in [2.24, 2.45) is 5.92 Å². The maximum atomic E-state index is 12.6. The van der Waals surface area contributed by atoms with Crippen LogP contribution in [0.2, 0.25) is 0 Å². The van der Waals surface area contributed by atoms with Crippen LogP contribution in [0.5, 0.6) is 0 Å². The summed E-state index contributed by atoms with van der Waals surface area (Å²) in [6, 6.07) is 10.2. The van der Waals surface area contributed by atoms with Gasteiger partial charge < -0.3 is 9.47 Å². The molecule has 1 aromatic carbocycles.